The molecule has 0 fully saturated rings. The van der Waals surface area contributed by atoms with Gasteiger partial charge in [-0.25, -0.2) is 4.68 Å². The number of hydrogen-bond donors (Lipinski definition) is 1. The van der Waals surface area contributed by atoms with Crippen LogP contribution in [0.3, 0.4) is 0 Å². The highest BCUT2D eigenvalue weighted by molar-refractivity contribution is 6.31. The molecular weight excluding hydrogens is 375 g/mol. The van der Waals surface area contributed by atoms with Gasteiger partial charge in [-0.15, -0.1) is 0 Å². The van der Waals surface area contributed by atoms with Crippen molar-refractivity contribution in [1.29, 1.82) is 0 Å². The molecule has 2 rings (SSSR count). The molecule has 0 bridgehead atoms. The lowest BCUT2D eigenvalue weighted by Crippen LogP contribution is -2.35. The van der Waals surface area contributed by atoms with Gasteiger partial charge in [0.15, 0.2) is 0 Å². The van der Waals surface area contributed by atoms with Crippen LogP contribution in [0.25, 0.3) is 6.08 Å². The number of hydrogen-bond acceptors (Lipinski definition) is 3. The second kappa shape index (κ2) is 8.87. The van der Waals surface area contributed by atoms with Gasteiger partial charge < -0.3 is 10.2 Å². The molecule has 0 spiro atoms. The third-order valence-electron chi connectivity index (χ3n) is 3.67. The van der Waals surface area contributed by atoms with Gasteiger partial charge in [0.2, 0.25) is 11.8 Å². The number of carbonyl (C=O) groups is 2. The molecule has 1 heterocycles. The van der Waals surface area contributed by atoms with Crippen molar-refractivity contribution in [3.8, 4) is 0 Å². The van der Waals surface area contributed by atoms with Crippen molar-refractivity contribution in [1.82, 2.24) is 20.0 Å². The zero-order chi connectivity index (χ0) is 19.3. The average molecular weight is 395 g/mol. The van der Waals surface area contributed by atoms with E-state index in [0.29, 0.717) is 28.0 Å². The topological polar surface area (TPSA) is 67.2 Å². The average Bonchev–Trinajstić information content (AvgIpc) is 2.86. The number of benzene rings is 1. The lowest BCUT2D eigenvalue weighted by Gasteiger charge is -2.09. The van der Waals surface area contributed by atoms with Crippen molar-refractivity contribution in [2.45, 2.75) is 13.5 Å². The molecule has 1 aromatic heterocycles. The molecule has 0 aliphatic carbocycles. The van der Waals surface area contributed by atoms with E-state index in [9.17, 15) is 9.59 Å². The normalized spacial score (nSPS) is 11.0. The van der Waals surface area contributed by atoms with Crippen molar-refractivity contribution >= 4 is 41.1 Å². The van der Waals surface area contributed by atoms with Crippen LogP contribution in [0, 0.1) is 6.92 Å². The minimum atomic E-state index is -0.374. The Balaban J connectivity index is 2.06. The van der Waals surface area contributed by atoms with Crippen molar-refractivity contribution in [2.75, 3.05) is 20.6 Å². The molecule has 2 aromatic rings. The van der Waals surface area contributed by atoms with E-state index in [-0.39, 0.29) is 18.4 Å². The Bertz CT molecular complexity index is 826. The highest BCUT2D eigenvalue weighted by atomic mass is 35.5. The number of amides is 2. The zero-order valence-corrected chi connectivity index (χ0v) is 16.3. The fourth-order valence-electron chi connectivity index (χ4n) is 2.16. The Morgan fingerprint density at radius 2 is 1.88 bits per heavy atom. The Labute approximate surface area is 162 Å². The number of nitrogens with one attached hydrogen (secondary N) is 1. The van der Waals surface area contributed by atoms with Crippen LogP contribution in [0.2, 0.25) is 10.2 Å². The third kappa shape index (κ3) is 5.34. The zero-order valence-electron chi connectivity index (χ0n) is 14.8. The van der Waals surface area contributed by atoms with Crippen molar-refractivity contribution < 1.29 is 9.59 Å². The highest BCUT2D eigenvalue weighted by Crippen LogP contribution is 2.22. The SMILES string of the molecule is Cc1nn(Cc2ccc(Cl)cc2)c(Cl)c1/C=C/C(=O)NCC(=O)N(C)C. The summed E-state index contributed by atoms with van der Waals surface area (Å²) in [6.07, 6.45) is 2.93. The number of carbonyl (C=O) groups excluding carboxylic acids is 2. The van der Waals surface area contributed by atoms with Crippen molar-refractivity contribution in [3.05, 3.63) is 57.3 Å². The molecule has 1 aromatic carbocycles. The molecule has 0 unspecified atom stereocenters. The summed E-state index contributed by atoms with van der Waals surface area (Å²) in [7, 11) is 3.26. The molecular formula is C18H20Cl2N4O2. The molecule has 0 atom stereocenters. The standard InChI is InChI=1S/C18H20Cl2N4O2/c1-12-15(8-9-16(25)21-10-17(26)23(2)3)18(20)24(22-12)11-13-4-6-14(19)7-5-13/h4-9H,10-11H2,1-3H3,(H,21,25)/b9-8+. The fourth-order valence-corrected chi connectivity index (χ4v) is 2.59. The number of aromatic nitrogens is 2. The number of halogens is 2. The van der Waals surface area contributed by atoms with E-state index < -0.39 is 0 Å². The molecule has 2 amide bonds. The van der Waals surface area contributed by atoms with E-state index in [2.05, 4.69) is 10.4 Å². The molecule has 0 aliphatic rings. The fraction of sp³-hybridized carbons (Fsp3) is 0.278. The number of likely N-dealkylation sites (N-methyl/N-ethyl adjacent to an activating group) is 1. The molecule has 8 heteroatoms. The summed E-state index contributed by atoms with van der Waals surface area (Å²) in [5.41, 5.74) is 2.38. The maximum absolute atomic E-state index is 11.8. The van der Waals surface area contributed by atoms with Crippen LogP contribution in [0.5, 0.6) is 0 Å². The van der Waals surface area contributed by atoms with Crippen LogP contribution >= 0.6 is 23.2 Å². The second-order valence-corrected chi connectivity index (χ2v) is 6.71. The Kier molecular flexibility index (Phi) is 6.83. The molecule has 1 N–H and O–H groups in total. The summed E-state index contributed by atoms with van der Waals surface area (Å²) in [4.78, 5) is 24.7. The summed E-state index contributed by atoms with van der Waals surface area (Å²) in [6.45, 7) is 2.25. The van der Waals surface area contributed by atoms with Gasteiger partial charge >= 0.3 is 0 Å². The van der Waals surface area contributed by atoms with Gasteiger partial charge in [-0.05, 0) is 30.7 Å². The Morgan fingerprint density at radius 3 is 2.50 bits per heavy atom. The monoisotopic (exact) mass is 394 g/mol. The molecule has 6 nitrogen and oxygen atoms in total. The maximum Gasteiger partial charge on any atom is 0.244 e. The van der Waals surface area contributed by atoms with Gasteiger partial charge in [0.1, 0.15) is 5.15 Å². The van der Waals surface area contributed by atoms with Crippen LogP contribution in [0.1, 0.15) is 16.8 Å². The minimum absolute atomic E-state index is 0.0568. The van der Waals surface area contributed by atoms with Gasteiger partial charge in [-0.2, -0.15) is 5.10 Å². The summed E-state index contributed by atoms with van der Waals surface area (Å²) >= 11 is 12.3. The van der Waals surface area contributed by atoms with E-state index in [4.69, 9.17) is 23.2 Å². The van der Waals surface area contributed by atoms with E-state index in [0.717, 1.165) is 5.56 Å². The molecule has 0 saturated heterocycles. The highest BCUT2D eigenvalue weighted by Gasteiger charge is 2.12. The van der Waals surface area contributed by atoms with Gasteiger partial charge in [-0.1, -0.05) is 35.3 Å². The van der Waals surface area contributed by atoms with Crippen LogP contribution in [0.15, 0.2) is 30.3 Å². The first kappa shape index (κ1) is 20.0. The third-order valence-corrected chi connectivity index (χ3v) is 4.32. The number of nitrogens with zero attached hydrogens (tertiary/aromatic N) is 3. The van der Waals surface area contributed by atoms with Crippen LogP contribution in [-0.2, 0) is 16.1 Å². The predicted octanol–water partition coefficient (Wildman–Crippen LogP) is 2.76. The van der Waals surface area contributed by atoms with E-state index >= 15 is 0 Å². The van der Waals surface area contributed by atoms with Gasteiger partial charge in [-0.3, -0.25) is 9.59 Å². The molecule has 0 saturated carbocycles. The minimum Gasteiger partial charge on any atom is -0.347 e. The van der Waals surface area contributed by atoms with Crippen LogP contribution in [0.4, 0.5) is 0 Å². The lowest BCUT2D eigenvalue weighted by molar-refractivity contribution is -0.129. The van der Waals surface area contributed by atoms with Gasteiger partial charge in [0.25, 0.3) is 0 Å². The second-order valence-electron chi connectivity index (χ2n) is 5.91. The summed E-state index contributed by atoms with van der Waals surface area (Å²) in [5.74, 6) is -0.558. The van der Waals surface area contributed by atoms with E-state index in [1.54, 1.807) is 37.0 Å². The first-order valence-electron chi connectivity index (χ1n) is 7.91. The number of aryl methyl sites for hydroxylation is 1. The summed E-state index contributed by atoms with van der Waals surface area (Å²) < 4.78 is 1.66. The first-order chi connectivity index (χ1) is 12.3. The van der Waals surface area contributed by atoms with E-state index in [1.165, 1.54) is 11.0 Å². The van der Waals surface area contributed by atoms with Crippen LogP contribution < -0.4 is 5.32 Å². The van der Waals surface area contributed by atoms with Gasteiger partial charge in [0.05, 0.1) is 18.8 Å². The maximum atomic E-state index is 11.8. The predicted molar refractivity (Wildman–Crippen MR) is 103 cm³/mol. The first-order valence-corrected chi connectivity index (χ1v) is 8.67. The largest absolute Gasteiger partial charge is 0.347 e. The molecule has 26 heavy (non-hydrogen) atoms. The Morgan fingerprint density at radius 1 is 1.23 bits per heavy atom. The molecule has 0 aliphatic heterocycles. The van der Waals surface area contributed by atoms with Crippen molar-refractivity contribution in [2.24, 2.45) is 0 Å². The number of rotatable bonds is 6. The quantitative estimate of drug-likeness (QED) is 0.765. The lowest BCUT2D eigenvalue weighted by atomic mass is 10.2. The molecule has 138 valence electrons. The summed E-state index contributed by atoms with van der Waals surface area (Å²) in [6, 6.07) is 7.42. The van der Waals surface area contributed by atoms with E-state index in [1.807, 2.05) is 19.1 Å². The van der Waals surface area contributed by atoms with Gasteiger partial charge in [0, 0.05) is 30.8 Å². The smallest absolute Gasteiger partial charge is 0.244 e. The Hall–Kier alpha value is -2.31. The molecule has 0 radical (unpaired) electrons. The summed E-state index contributed by atoms with van der Waals surface area (Å²) in [5, 5.41) is 8.04. The van der Waals surface area contributed by atoms with Crippen LogP contribution in [-0.4, -0.2) is 47.1 Å². The van der Waals surface area contributed by atoms with Crippen molar-refractivity contribution in [3.63, 3.8) is 0 Å².